The number of amides is 2. The van der Waals surface area contributed by atoms with Gasteiger partial charge in [-0.15, -0.1) is 0 Å². The van der Waals surface area contributed by atoms with Crippen LogP contribution in [0.2, 0.25) is 0 Å². The lowest BCUT2D eigenvalue weighted by Crippen LogP contribution is -2.31. The second-order valence-electron chi connectivity index (χ2n) is 6.29. The summed E-state index contributed by atoms with van der Waals surface area (Å²) >= 11 is 0. The summed E-state index contributed by atoms with van der Waals surface area (Å²) in [4.78, 5) is 26.7. The molecule has 1 heterocycles. The van der Waals surface area contributed by atoms with Crippen LogP contribution in [0.3, 0.4) is 0 Å². The molecule has 2 atom stereocenters. The summed E-state index contributed by atoms with van der Waals surface area (Å²) in [5.74, 6) is -0.203. The lowest BCUT2D eigenvalue weighted by atomic mass is 9.90. The molecule has 0 N–H and O–H groups in total. The summed E-state index contributed by atoms with van der Waals surface area (Å²) in [7, 11) is 1.58. The van der Waals surface area contributed by atoms with Crippen LogP contribution in [-0.4, -0.2) is 18.9 Å². The van der Waals surface area contributed by atoms with Crippen molar-refractivity contribution in [2.75, 3.05) is 12.0 Å². The number of imide groups is 1. The van der Waals surface area contributed by atoms with Crippen LogP contribution in [0.4, 0.5) is 5.69 Å². The Bertz CT molecular complexity index is 749. The summed E-state index contributed by atoms with van der Waals surface area (Å²) in [6, 6.07) is 15.1. The molecule has 1 aliphatic heterocycles. The molecule has 1 fully saturated rings. The summed E-state index contributed by atoms with van der Waals surface area (Å²) in [5, 5.41) is 0. The smallest absolute Gasteiger partial charge is 0.238 e. The van der Waals surface area contributed by atoms with Crippen molar-refractivity contribution in [3.8, 4) is 5.75 Å². The van der Waals surface area contributed by atoms with Crippen LogP contribution in [0.5, 0.6) is 5.75 Å². The third-order valence-electron chi connectivity index (χ3n) is 4.66. The van der Waals surface area contributed by atoms with Crippen molar-refractivity contribution in [2.45, 2.75) is 20.3 Å². The predicted octanol–water partition coefficient (Wildman–Crippen LogP) is 3.37. The molecule has 0 bridgehead atoms. The van der Waals surface area contributed by atoms with E-state index in [0.717, 1.165) is 5.56 Å². The topological polar surface area (TPSA) is 46.6 Å². The van der Waals surface area contributed by atoms with E-state index in [4.69, 9.17) is 4.74 Å². The molecule has 2 aromatic carbocycles. The van der Waals surface area contributed by atoms with Gasteiger partial charge in [0.25, 0.3) is 0 Å². The Kier molecular flexibility index (Phi) is 4.38. The third kappa shape index (κ3) is 2.92. The van der Waals surface area contributed by atoms with E-state index in [0.29, 0.717) is 17.9 Å². The molecule has 0 spiro atoms. The molecule has 2 unspecified atom stereocenters. The first-order chi connectivity index (χ1) is 11.5. The zero-order valence-electron chi connectivity index (χ0n) is 14.2. The molecule has 1 saturated heterocycles. The minimum atomic E-state index is -0.319. The van der Waals surface area contributed by atoms with Gasteiger partial charge in [-0.05, 0) is 43.2 Å². The molecule has 2 amide bonds. The van der Waals surface area contributed by atoms with Gasteiger partial charge in [-0.2, -0.15) is 0 Å². The molecule has 0 saturated carbocycles. The Morgan fingerprint density at radius 3 is 2.17 bits per heavy atom. The van der Waals surface area contributed by atoms with Crippen LogP contribution < -0.4 is 9.64 Å². The molecule has 124 valence electrons. The number of carbonyl (C=O) groups is 2. The van der Waals surface area contributed by atoms with E-state index in [1.165, 1.54) is 10.5 Å². The van der Waals surface area contributed by atoms with E-state index in [9.17, 15) is 9.59 Å². The lowest BCUT2D eigenvalue weighted by molar-refractivity contribution is -0.122. The van der Waals surface area contributed by atoms with Crippen molar-refractivity contribution in [3.63, 3.8) is 0 Å². The SMILES string of the molecule is COc1ccc(N2C(=O)C(C)C(Cc3ccc(C)cc3)C2=O)cc1. The van der Waals surface area contributed by atoms with Gasteiger partial charge in [-0.3, -0.25) is 14.5 Å². The number of rotatable bonds is 4. The highest BCUT2D eigenvalue weighted by atomic mass is 16.5. The van der Waals surface area contributed by atoms with E-state index in [-0.39, 0.29) is 23.7 Å². The number of benzene rings is 2. The van der Waals surface area contributed by atoms with Crippen molar-refractivity contribution in [1.29, 1.82) is 0 Å². The predicted molar refractivity (Wildman–Crippen MR) is 93.0 cm³/mol. The van der Waals surface area contributed by atoms with Crippen LogP contribution in [0, 0.1) is 18.8 Å². The van der Waals surface area contributed by atoms with E-state index >= 15 is 0 Å². The Morgan fingerprint density at radius 1 is 0.958 bits per heavy atom. The van der Waals surface area contributed by atoms with E-state index in [1.807, 2.05) is 38.1 Å². The Morgan fingerprint density at radius 2 is 1.58 bits per heavy atom. The second kappa shape index (κ2) is 6.48. The first kappa shape index (κ1) is 16.2. The summed E-state index contributed by atoms with van der Waals surface area (Å²) in [5.41, 5.74) is 2.86. The number of anilines is 1. The van der Waals surface area contributed by atoms with Crippen molar-refractivity contribution < 1.29 is 14.3 Å². The van der Waals surface area contributed by atoms with E-state index in [2.05, 4.69) is 0 Å². The van der Waals surface area contributed by atoms with Crippen molar-refractivity contribution in [2.24, 2.45) is 11.8 Å². The average Bonchev–Trinajstić information content (AvgIpc) is 2.80. The highest BCUT2D eigenvalue weighted by molar-refractivity contribution is 6.21. The Labute approximate surface area is 142 Å². The monoisotopic (exact) mass is 323 g/mol. The fourth-order valence-corrected chi connectivity index (χ4v) is 3.09. The molecule has 2 aromatic rings. The van der Waals surface area contributed by atoms with Crippen LogP contribution in [0.25, 0.3) is 0 Å². The molecular weight excluding hydrogens is 302 g/mol. The molecule has 4 heteroatoms. The summed E-state index contributed by atoms with van der Waals surface area (Å²) in [6.07, 6.45) is 0.582. The fraction of sp³-hybridized carbons (Fsp3) is 0.300. The highest BCUT2D eigenvalue weighted by Crippen LogP contribution is 2.33. The second-order valence-corrected chi connectivity index (χ2v) is 6.29. The third-order valence-corrected chi connectivity index (χ3v) is 4.66. The van der Waals surface area contributed by atoms with Crippen LogP contribution in [0.1, 0.15) is 18.1 Å². The average molecular weight is 323 g/mol. The van der Waals surface area contributed by atoms with Gasteiger partial charge in [0, 0.05) is 5.92 Å². The summed E-state index contributed by atoms with van der Waals surface area (Å²) in [6.45, 7) is 3.87. The molecular formula is C20H21NO3. The van der Waals surface area contributed by atoms with E-state index in [1.54, 1.807) is 31.4 Å². The van der Waals surface area contributed by atoms with Crippen molar-refractivity contribution >= 4 is 17.5 Å². The molecule has 0 aliphatic carbocycles. The zero-order chi connectivity index (χ0) is 17.3. The van der Waals surface area contributed by atoms with Crippen LogP contribution >= 0.6 is 0 Å². The van der Waals surface area contributed by atoms with E-state index < -0.39 is 0 Å². The number of ether oxygens (including phenoxy) is 1. The van der Waals surface area contributed by atoms with Gasteiger partial charge in [-0.1, -0.05) is 36.8 Å². The van der Waals surface area contributed by atoms with Crippen molar-refractivity contribution in [3.05, 3.63) is 59.7 Å². The quantitative estimate of drug-likeness (QED) is 0.811. The number of hydrogen-bond acceptors (Lipinski definition) is 3. The van der Waals surface area contributed by atoms with Gasteiger partial charge in [0.1, 0.15) is 5.75 Å². The maximum atomic E-state index is 12.8. The zero-order valence-corrected chi connectivity index (χ0v) is 14.2. The number of aryl methyl sites for hydroxylation is 1. The summed E-state index contributed by atoms with van der Waals surface area (Å²) < 4.78 is 5.13. The van der Waals surface area contributed by atoms with Gasteiger partial charge in [0.05, 0.1) is 18.7 Å². The molecule has 3 rings (SSSR count). The van der Waals surface area contributed by atoms with Crippen LogP contribution in [0.15, 0.2) is 48.5 Å². The normalized spacial score (nSPS) is 20.5. The number of nitrogens with zero attached hydrogens (tertiary/aromatic N) is 1. The lowest BCUT2D eigenvalue weighted by Gasteiger charge is -2.15. The van der Waals surface area contributed by atoms with Gasteiger partial charge in [0.2, 0.25) is 11.8 Å². The minimum absolute atomic E-state index is 0.127. The molecule has 1 aliphatic rings. The standard InChI is InChI=1S/C20H21NO3/c1-13-4-6-15(7-5-13)12-18-14(2)19(22)21(20(18)23)16-8-10-17(24-3)11-9-16/h4-11,14,18H,12H2,1-3H3. The number of carbonyl (C=O) groups excluding carboxylic acids is 2. The van der Waals surface area contributed by atoms with Crippen molar-refractivity contribution in [1.82, 2.24) is 0 Å². The van der Waals surface area contributed by atoms with Gasteiger partial charge in [-0.25, -0.2) is 0 Å². The van der Waals surface area contributed by atoms with Gasteiger partial charge < -0.3 is 4.74 Å². The molecule has 0 radical (unpaired) electrons. The van der Waals surface area contributed by atoms with Gasteiger partial charge >= 0.3 is 0 Å². The largest absolute Gasteiger partial charge is 0.497 e. The minimum Gasteiger partial charge on any atom is -0.497 e. The first-order valence-electron chi connectivity index (χ1n) is 8.08. The maximum absolute atomic E-state index is 12.8. The van der Waals surface area contributed by atoms with Crippen LogP contribution in [-0.2, 0) is 16.0 Å². The number of hydrogen-bond donors (Lipinski definition) is 0. The maximum Gasteiger partial charge on any atom is 0.238 e. The molecule has 24 heavy (non-hydrogen) atoms. The van der Waals surface area contributed by atoms with Gasteiger partial charge in [0.15, 0.2) is 0 Å². The molecule has 0 aromatic heterocycles. The number of methoxy groups -OCH3 is 1. The Balaban J connectivity index is 1.84. The highest BCUT2D eigenvalue weighted by Gasteiger charge is 2.45. The molecule has 4 nitrogen and oxygen atoms in total. The first-order valence-corrected chi connectivity index (χ1v) is 8.08. The Hall–Kier alpha value is -2.62. The fourth-order valence-electron chi connectivity index (χ4n) is 3.09.